The molecule has 0 bridgehead atoms. The fourth-order valence-electron chi connectivity index (χ4n) is 1.81. The largest absolute Gasteiger partial charge is 0.488 e. The third kappa shape index (κ3) is 3.34. The number of ether oxygens (including phenoxy) is 1. The second kappa shape index (κ2) is 6.18. The van der Waals surface area contributed by atoms with E-state index in [9.17, 15) is 9.50 Å². The van der Waals surface area contributed by atoms with Crippen molar-refractivity contribution >= 4 is 0 Å². The Bertz CT molecular complexity index is 630. The van der Waals surface area contributed by atoms with Gasteiger partial charge in [0.05, 0.1) is 17.7 Å². The fraction of sp³-hybridized carbons (Fsp3) is 0.188. The maximum atomic E-state index is 13.2. The van der Waals surface area contributed by atoms with Crippen molar-refractivity contribution in [2.24, 2.45) is 0 Å². The summed E-state index contributed by atoms with van der Waals surface area (Å²) in [5.41, 5.74) is 1.98. The zero-order valence-corrected chi connectivity index (χ0v) is 11.0. The number of nitrogens with zero attached hydrogens (tertiary/aromatic N) is 1. The first kappa shape index (κ1) is 14.0. The number of hydrogen-bond acceptors (Lipinski definition) is 3. The lowest BCUT2D eigenvalue weighted by atomic mass is 10.1. The highest BCUT2D eigenvalue weighted by Crippen LogP contribution is 2.26. The summed E-state index contributed by atoms with van der Waals surface area (Å²) in [7, 11) is 0. The molecule has 102 valence electrons. The van der Waals surface area contributed by atoms with Gasteiger partial charge in [-0.25, -0.2) is 4.39 Å². The van der Waals surface area contributed by atoms with E-state index in [-0.39, 0.29) is 6.61 Å². The molecule has 0 saturated carbocycles. The summed E-state index contributed by atoms with van der Waals surface area (Å²) >= 11 is 0. The SMILES string of the molecule is C[C@H](O)c1ccc(F)cc1OCc1ccc(C#N)cc1. The molecule has 2 rings (SSSR count). The van der Waals surface area contributed by atoms with Crippen LogP contribution in [0.1, 0.15) is 29.7 Å². The standard InChI is InChI=1S/C16H14FNO2/c1-11(19)15-7-6-14(17)8-16(15)20-10-13-4-2-12(9-18)3-5-13/h2-8,11,19H,10H2,1H3/t11-/m0/s1. The molecule has 2 aromatic carbocycles. The number of nitriles is 1. The summed E-state index contributed by atoms with van der Waals surface area (Å²) in [6, 6.07) is 13.0. The van der Waals surface area contributed by atoms with E-state index in [4.69, 9.17) is 10.00 Å². The molecule has 0 aromatic heterocycles. The van der Waals surface area contributed by atoms with Crippen molar-refractivity contribution in [1.82, 2.24) is 0 Å². The van der Waals surface area contributed by atoms with E-state index in [1.165, 1.54) is 18.2 Å². The topological polar surface area (TPSA) is 53.2 Å². The maximum Gasteiger partial charge on any atom is 0.128 e. The van der Waals surface area contributed by atoms with Crippen molar-refractivity contribution in [3.8, 4) is 11.8 Å². The first-order chi connectivity index (χ1) is 9.60. The van der Waals surface area contributed by atoms with Gasteiger partial charge < -0.3 is 9.84 Å². The maximum absolute atomic E-state index is 13.2. The molecule has 0 amide bonds. The normalized spacial score (nSPS) is 11.7. The predicted octanol–water partition coefficient (Wildman–Crippen LogP) is 3.33. The molecule has 0 aliphatic rings. The van der Waals surface area contributed by atoms with Crippen LogP contribution in [0, 0.1) is 17.1 Å². The van der Waals surface area contributed by atoms with Gasteiger partial charge in [-0.15, -0.1) is 0 Å². The van der Waals surface area contributed by atoms with Crippen LogP contribution in [-0.4, -0.2) is 5.11 Å². The van der Waals surface area contributed by atoms with E-state index in [1.54, 1.807) is 31.2 Å². The number of rotatable bonds is 4. The van der Waals surface area contributed by atoms with E-state index in [0.717, 1.165) is 5.56 Å². The molecule has 0 aliphatic carbocycles. The van der Waals surface area contributed by atoms with Crippen LogP contribution in [0.15, 0.2) is 42.5 Å². The molecule has 1 atom stereocenters. The molecule has 4 heteroatoms. The predicted molar refractivity (Wildman–Crippen MR) is 72.5 cm³/mol. The molecule has 2 aromatic rings. The van der Waals surface area contributed by atoms with Crippen LogP contribution in [0.5, 0.6) is 5.75 Å². The van der Waals surface area contributed by atoms with Gasteiger partial charge in [0, 0.05) is 11.6 Å². The van der Waals surface area contributed by atoms with Crippen molar-refractivity contribution in [2.75, 3.05) is 0 Å². The van der Waals surface area contributed by atoms with Crippen molar-refractivity contribution in [3.63, 3.8) is 0 Å². The number of halogens is 1. The Hall–Kier alpha value is -2.38. The van der Waals surface area contributed by atoms with Crippen LogP contribution in [-0.2, 0) is 6.61 Å². The van der Waals surface area contributed by atoms with E-state index < -0.39 is 11.9 Å². The molecule has 0 spiro atoms. The first-order valence-corrected chi connectivity index (χ1v) is 6.19. The van der Waals surface area contributed by atoms with E-state index >= 15 is 0 Å². The van der Waals surface area contributed by atoms with Crippen molar-refractivity contribution < 1.29 is 14.2 Å². The van der Waals surface area contributed by atoms with Gasteiger partial charge in [0.1, 0.15) is 18.2 Å². The van der Waals surface area contributed by atoms with Crippen LogP contribution >= 0.6 is 0 Å². The molecular formula is C16H14FNO2. The van der Waals surface area contributed by atoms with Gasteiger partial charge >= 0.3 is 0 Å². The quantitative estimate of drug-likeness (QED) is 0.928. The van der Waals surface area contributed by atoms with Crippen molar-refractivity contribution in [2.45, 2.75) is 19.6 Å². The monoisotopic (exact) mass is 271 g/mol. The smallest absolute Gasteiger partial charge is 0.128 e. The summed E-state index contributed by atoms with van der Waals surface area (Å²) in [5, 5.41) is 18.3. The van der Waals surface area contributed by atoms with Gasteiger partial charge in [-0.2, -0.15) is 5.26 Å². The molecule has 1 N–H and O–H groups in total. The number of aliphatic hydroxyl groups is 1. The van der Waals surface area contributed by atoms with Crippen LogP contribution < -0.4 is 4.74 Å². The molecule has 0 saturated heterocycles. The Kier molecular flexibility index (Phi) is 4.34. The van der Waals surface area contributed by atoms with E-state index in [0.29, 0.717) is 16.9 Å². The minimum Gasteiger partial charge on any atom is -0.488 e. The summed E-state index contributed by atoms with van der Waals surface area (Å²) in [4.78, 5) is 0. The second-order valence-electron chi connectivity index (χ2n) is 4.46. The lowest BCUT2D eigenvalue weighted by Gasteiger charge is -2.13. The Morgan fingerprint density at radius 3 is 2.55 bits per heavy atom. The molecule has 0 heterocycles. The van der Waals surface area contributed by atoms with Crippen LogP contribution in [0.4, 0.5) is 4.39 Å². The average Bonchev–Trinajstić information content (AvgIpc) is 2.45. The van der Waals surface area contributed by atoms with Gasteiger partial charge in [-0.05, 0) is 36.8 Å². The minimum absolute atomic E-state index is 0.245. The zero-order valence-electron chi connectivity index (χ0n) is 11.0. The molecule has 0 unspecified atom stereocenters. The lowest BCUT2D eigenvalue weighted by molar-refractivity contribution is 0.190. The van der Waals surface area contributed by atoms with Gasteiger partial charge in [-0.1, -0.05) is 12.1 Å². The minimum atomic E-state index is -0.730. The van der Waals surface area contributed by atoms with E-state index in [1.807, 2.05) is 6.07 Å². The van der Waals surface area contributed by atoms with Gasteiger partial charge in [0.25, 0.3) is 0 Å². The number of benzene rings is 2. The Labute approximate surface area is 116 Å². The number of aliphatic hydroxyl groups excluding tert-OH is 1. The van der Waals surface area contributed by atoms with Crippen LogP contribution in [0.2, 0.25) is 0 Å². The highest BCUT2D eigenvalue weighted by Gasteiger charge is 2.10. The van der Waals surface area contributed by atoms with Gasteiger partial charge in [0.15, 0.2) is 0 Å². The third-order valence-corrected chi connectivity index (χ3v) is 2.90. The highest BCUT2D eigenvalue weighted by atomic mass is 19.1. The van der Waals surface area contributed by atoms with Crippen molar-refractivity contribution in [3.05, 3.63) is 65.0 Å². The number of hydrogen-bond donors (Lipinski definition) is 1. The lowest BCUT2D eigenvalue weighted by Crippen LogP contribution is -2.01. The zero-order chi connectivity index (χ0) is 14.5. The summed E-state index contributed by atoms with van der Waals surface area (Å²) in [6.07, 6.45) is -0.730. The summed E-state index contributed by atoms with van der Waals surface area (Å²) in [5.74, 6) is -0.0893. The summed E-state index contributed by atoms with van der Waals surface area (Å²) in [6.45, 7) is 1.84. The highest BCUT2D eigenvalue weighted by molar-refractivity contribution is 5.36. The van der Waals surface area contributed by atoms with Crippen LogP contribution in [0.25, 0.3) is 0 Å². The van der Waals surface area contributed by atoms with Gasteiger partial charge in [-0.3, -0.25) is 0 Å². The molecule has 0 radical (unpaired) electrons. The molecule has 3 nitrogen and oxygen atoms in total. The van der Waals surface area contributed by atoms with Gasteiger partial charge in [0.2, 0.25) is 0 Å². The Balaban J connectivity index is 2.13. The summed E-state index contributed by atoms with van der Waals surface area (Å²) < 4.78 is 18.8. The third-order valence-electron chi connectivity index (χ3n) is 2.90. The Morgan fingerprint density at radius 2 is 1.95 bits per heavy atom. The van der Waals surface area contributed by atoms with E-state index in [2.05, 4.69) is 0 Å². The average molecular weight is 271 g/mol. The molecular weight excluding hydrogens is 257 g/mol. The Morgan fingerprint density at radius 1 is 1.25 bits per heavy atom. The van der Waals surface area contributed by atoms with Crippen LogP contribution in [0.3, 0.4) is 0 Å². The molecule has 0 fully saturated rings. The van der Waals surface area contributed by atoms with Crippen molar-refractivity contribution in [1.29, 1.82) is 5.26 Å². The fourth-order valence-corrected chi connectivity index (χ4v) is 1.81. The molecule has 20 heavy (non-hydrogen) atoms. The molecule has 0 aliphatic heterocycles. The first-order valence-electron chi connectivity index (χ1n) is 6.19. The second-order valence-corrected chi connectivity index (χ2v) is 4.46.